The molecule has 2 aromatic carbocycles. The molecule has 0 spiro atoms. The van der Waals surface area contributed by atoms with Crippen molar-refractivity contribution < 1.29 is 18.7 Å². The number of hydrogen-bond acceptors (Lipinski definition) is 7. The predicted molar refractivity (Wildman–Crippen MR) is 113 cm³/mol. The number of nitrogens with zero attached hydrogens (tertiary/aromatic N) is 4. The highest BCUT2D eigenvalue weighted by Crippen LogP contribution is 2.25. The molecule has 0 amide bonds. The Balaban J connectivity index is 1.48. The van der Waals surface area contributed by atoms with Crippen molar-refractivity contribution in [2.45, 2.75) is 27.4 Å². The Morgan fingerprint density at radius 2 is 1.81 bits per heavy atom. The number of methoxy groups -OCH3 is 1. The maximum Gasteiger partial charge on any atom is 0.361 e. The molecule has 0 saturated carbocycles. The van der Waals surface area contributed by atoms with Gasteiger partial charge in [-0.15, -0.1) is 5.10 Å². The summed E-state index contributed by atoms with van der Waals surface area (Å²) < 4.78 is 18.0. The van der Waals surface area contributed by atoms with Crippen molar-refractivity contribution in [2.24, 2.45) is 0 Å². The zero-order chi connectivity index (χ0) is 22.0. The third-order valence-electron chi connectivity index (χ3n) is 5.01. The van der Waals surface area contributed by atoms with Crippen LogP contribution in [0.2, 0.25) is 0 Å². The van der Waals surface area contributed by atoms with Crippen molar-refractivity contribution in [1.82, 2.24) is 20.0 Å². The molecule has 0 radical (unpaired) electrons. The lowest BCUT2D eigenvalue weighted by Crippen LogP contribution is -2.09. The summed E-state index contributed by atoms with van der Waals surface area (Å²) in [5, 5.41) is 8.08. The molecule has 4 aromatic rings. The van der Waals surface area contributed by atoms with E-state index in [4.69, 9.17) is 13.9 Å². The fraction of sp³-hybridized carbons (Fsp3) is 0.217. The minimum Gasteiger partial charge on any atom is -0.497 e. The molecule has 0 aliphatic carbocycles. The Labute approximate surface area is 179 Å². The highest BCUT2D eigenvalue weighted by molar-refractivity contribution is 5.88. The van der Waals surface area contributed by atoms with Gasteiger partial charge in [-0.25, -0.2) is 14.5 Å². The lowest BCUT2D eigenvalue weighted by molar-refractivity contribution is 0.0459. The van der Waals surface area contributed by atoms with Crippen LogP contribution in [0.4, 0.5) is 0 Å². The van der Waals surface area contributed by atoms with Gasteiger partial charge in [0.15, 0.2) is 5.69 Å². The van der Waals surface area contributed by atoms with Crippen LogP contribution in [-0.2, 0) is 11.3 Å². The zero-order valence-electron chi connectivity index (χ0n) is 17.7. The highest BCUT2D eigenvalue weighted by atomic mass is 16.5. The number of benzene rings is 2. The second-order valence-electron chi connectivity index (χ2n) is 7.05. The summed E-state index contributed by atoms with van der Waals surface area (Å²) in [4.78, 5) is 17.1. The SMILES string of the molecule is COc1ccc(-n2nnc(C(=O)OCc3nc(-c4ccccc4C)oc3C)c2C)cc1. The first kappa shape index (κ1) is 20.3. The van der Waals surface area contributed by atoms with E-state index in [-0.39, 0.29) is 12.3 Å². The predicted octanol–water partition coefficient (Wildman–Crippen LogP) is 4.21. The van der Waals surface area contributed by atoms with Gasteiger partial charge in [-0.2, -0.15) is 0 Å². The van der Waals surface area contributed by atoms with Gasteiger partial charge in [-0.05, 0) is 56.7 Å². The zero-order valence-corrected chi connectivity index (χ0v) is 17.7. The van der Waals surface area contributed by atoms with Gasteiger partial charge in [0, 0.05) is 5.56 Å². The number of esters is 1. The van der Waals surface area contributed by atoms with Gasteiger partial charge in [-0.1, -0.05) is 23.4 Å². The van der Waals surface area contributed by atoms with E-state index in [1.807, 2.05) is 55.5 Å². The summed E-state index contributed by atoms with van der Waals surface area (Å²) in [6, 6.07) is 15.1. The fourth-order valence-corrected chi connectivity index (χ4v) is 3.18. The first-order chi connectivity index (χ1) is 15.0. The van der Waals surface area contributed by atoms with E-state index in [9.17, 15) is 4.79 Å². The first-order valence-corrected chi connectivity index (χ1v) is 9.74. The van der Waals surface area contributed by atoms with Crippen molar-refractivity contribution >= 4 is 5.97 Å². The Morgan fingerprint density at radius 3 is 2.52 bits per heavy atom. The van der Waals surface area contributed by atoms with Crippen LogP contribution in [0.15, 0.2) is 52.9 Å². The maximum absolute atomic E-state index is 12.6. The molecule has 0 N–H and O–H groups in total. The van der Waals surface area contributed by atoms with Crippen molar-refractivity contribution in [1.29, 1.82) is 0 Å². The Hall–Kier alpha value is -3.94. The van der Waals surface area contributed by atoms with Gasteiger partial charge in [0.1, 0.15) is 23.8 Å². The number of oxazole rings is 1. The van der Waals surface area contributed by atoms with Gasteiger partial charge in [-0.3, -0.25) is 0 Å². The Kier molecular flexibility index (Phi) is 5.53. The Morgan fingerprint density at radius 1 is 1.06 bits per heavy atom. The molecular weight excluding hydrogens is 396 g/mol. The summed E-state index contributed by atoms with van der Waals surface area (Å²) in [5.74, 6) is 1.26. The van der Waals surface area contributed by atoms with Crippen molar-refractivity contribution in [3.8, 4) is 22.9 Å². The molecule has 8 heteroatoms. The van der Waals surface area contributed by atoms with Crippen LogP contribution >= 0.6 is 0 Å². The van der Waals surface area contributed by atoms with E-state index in [1.165, 1.54) is 0 Å². The molecule has 31 heavy (non-hydrogen) atoms. The number of rotatable bonds is 6. The molecular formula is C23H22N4O4. The van der Waals surface area contributed by atoms with Gasteiger partial charge >= 0.3 is 5.97 Å². The third-order valence-corrected chi connectivity index (χ3v) is 5.01. The number of hydrogen-bond donors (Lipinski definition) is 0. The lowest BCUT2D eigenvalue weighted by Gasteiger charge is -2.05. The second-order valence-corrected chi connectivity index (χ2v) is 7.05. The van der Waals surface area contributed by atoms with E-state index in [0.29, 0.717) is 23.0 Å². The van der Waals surface area contributed by atoms with E-state index >= 15 is 0 Å². The molecule has 0 aliphatic rings. The Bertz CT molecular complexity index is 1220. The molecule has 0 atom stereocenters. The number of aryl methyl sites for hydroxylation is 2. The minimum atomic E-state index is -0.572. The normalized spacial score (nSPS) is 10.8. The summed E-state index contributed by atoms with van der Waals surface area (Å²) in [7, 11) is 1.60. The molecule has 158 valence electrons. The number of carbonyl (C=O) groups is 1. The monoisotopic (exact) mass is 418 g/mol. The smallest absolute Gasteiger partial charge is 0.361 e. The fourth-order valence-electron chi connectivity index (χ4n) is 3.18. The number of aromatic nitrogens is 4. The second kappa shape index (κ2) is 8.43. The van der Waals surface area contributed by atoms with Gasteiger partial charge in [0.25, 0.3) is 0 Å². The molecule has 0 saturated heterocycles. The van der Waals surface area contributed by atoms with Crippen LogP contribution in [0.1, 0.15) is 33.2 Å². The molecule has 0 bridgehead atoms. The van der Waals surface area contributed by atoms with Gasteiger partial charge in [0.2, 0.25) is 5.89 Å². The molecule has 2 aromatic heterocycles. The van der Waals surface area contributed by atoms with Crippen LogP contribution in [0.5, 0.6) is 5.75 Å². The lowest BCUT2D eigenvalue weighted by atomic mass is 10.1. The summed E-state index contributed by atoms with van der Waals surface area (Å²) in [6.07, 6.45) is 0. The van der Waals surface area contributed by atoms with Gasteiger partial charge < -0.3 is 13.9 Å². The number of ether oxygens (including phenoxy) is 2. The molecule has 8 nitrogen and oxygen atoms in total. The topological polar surface area (TPSA) is 92.3 Å². The van der Waals surface area contributed by atoms with Crippen LogP contribution in [0, 0.1) is 20.8 Å². The highest BCUT2D eigenvalue weighted by Gasteiger charge is 2.21. The molecule has 0 fully saturated rings. The summed E-state index contributed by atoms with van der Waals surface area (Å²) in [6.45, 7) is 5.53. The first-order valence-electron chi connectivity index (χ1n) is 9.74. The quantitative estimate of drug-likeness (QED) is 0.433. The average Bonchev–Trinajstić information content (AvgIpc) is 3.35. The molecule has 2 heterocycles. The van der Waals surface area contributed by atoms with Gasteiger partial charge in [0.05, 0.1) is 18.5 Å². The molecule has 0 unspecified atom stereocenters. The third kappa shape index (κ3) is 4.05. The van der Waals surface area contributed by atoms with E-state index < -0.39 is 5.97 Å². The van der Waals surface area contributed by atoms with Crippen molar-refractivity contribution in [3.05, 3.63) is 76.9 Å². The standard InChI is InChI=1S/C23H22N4O4/c1-14-7-5-6-8-19(14)22-24-20(16(3)31-22)13-30-23(28)21-15(2)27(26-25-21)17-9-11-18(29-4)12-10-17/h5-12H,13H2,1-4H3. The number of carbonyl (C=O) groups excluding carboxylic acids is 1. The van der Waals surface area contributed by atoms with Crippen LogP contribution < -0.4 is 4.74 Å². The largest absolute Gasteiger partial charge is 0.497 e. The average molecular weight is 418 g/mol. The van der Waals surface area contributed by atoms with Crippen LogP contribution in [0.3, 0.4) is 0 Å². The van der Waals surface area contributed by atoms with Crippen molar-refractivity contribution in [2.75, 3.05) is 7.11 Å². The summed E-state index contributed by atoms with van der Waals surface area (Å²) in [5.41, 5.74) is 4.01. The van der Waals surface area contributed by atoms with Crippen LogP contribution in [0.25, 0.3) is 17.1 Å². The maximum atomic E-state index is 12.6. The molecule has 4 rings (SSSR count). The minimum absolute atomic E-state index is 0.0190. The summed E-state index contributed by atoms with van der Waals surface area (Å²) >= 11 is 0. The molecule has 0 aliphatic heterocycles. The van der Waals surface area contributed by atoms with E-state index in [2.05, 4.69) is 15.3 Å². The van der Waals surface area contributed by atoms with E-state index in [0.717, 1.165) is 22.6 Å². The van der Waals surface area contributed by atoms with Crippen molar-refractivity contribution in [3.63, 3.8) is 0 Å². The van der Waals surface area contributed by atoms with E-state index in [1.54, 1.807) is 25.6 Å². The van der Waals surface area contributed by atoms with Crippen LogP contribution in [-0.4, -0.2) is 33.1 Å².